The first-order chi connectivity index (χ1) is 6.20. The van der Waals surface area contributed by atoms with E-state index in [-0.39, 0.29) is 5.82 Å². The van der Waals surface area contributed by atoms with Crippen LogP contribution >= 0.6 is 27.5 Å². The maximum absolute atomic E-state index is 13.1. The topological polar surface area (TPSA) is 12.9 Å². The number of hydrogen-bond acceptors (Lipinski definition) is 1. The summed E-state index contributed by atoms with van der Waals surface area (Å²) in [6.07, 6.45) is 1.55. The highest BCUT2D eigenvalue weighted by molar-refractivity contribution is 9.10. The van der Waals surface area contributed by atoms with Gasteiger partial charge in [0, 0.05) is 17.0 Å². The molecule has 2 rings (SSSR count). The zero-order chi connectivity index (χ0) is 9.42. The van der Waals surface area contributed by atoms with Gasteiger partial charge in [-0.3, -0.25) is 0 Å². The summed E-state index contributed by atoms with van der Waals surface area (Å²) in [7, 11) is 0. The lowest BCUT2D eigenvalue weighted by Crippen LogP contribution is -1.83. The molecule has 0 bridgehead atoms. The summed E-state index contributed by atoms with van der Waals surface area (Å²) in [6.45, 7) is 0. The maximum atomic E-state index is 13.1. The molecule has 0 aliphatic carbocycles. The molecule has 1 nitrogen and oxygen atoms in total. The number of hydrogen-bond donors (Lipinski definition) is 0. The van der Waals surface area contributed by atoms with Crippen LogP contribution in [-0.4, -0.2) is 4.98 Å². The zero-order valence-corrected chi connectivity index (χ0v) is 8.73. The van der Waals surface area contributed by atoms with Crippen LogP contribution in [0.1, 0.15) is 0 Å². The van der Waals surface area contributed by atoms with Gasteiger partial charge in [0.2, 0.25) is 0 Å². The van der Waals surface area contributed by atoms with E-state index in [0.717, 1.165) is 10.8 Å². The van der Waals surface area contributed by atoms with Crippen LogP contribution in [0.25, 0.3) is 10.8 Å². The molecule has 13 heavy (non-hydrogen) atoms. The van der Waals surface area contributed by atoms with E-state index in [2.05, 4.69) is 20.9 Å². The Balaban J connectivity index is 2.94. The molecule has 4 heteroatoms. The number of fused-ring (bicyclic) bond motifs is 1. The van der Waals surface area contributed by atoms with E-state index < -0.39 is 0 Å². The van der Waals surface area contributed by atoms with E-state index in [9.17, 15) is 4.39 Å². The van der Waals surface area contributed by atoms with Gasteiger partial charge >= 0.3 is 0 Å². The highest BCUT2D eigenvalue weighted by Gasteiger charge is 2.06. The Morgan fingerprint density at radius 2 is 2.00 bits per heavy atom. The lowest BCUT2D eigenvalue weighted by Gasteiger charge is -2.02. The van der Waals surface area contributed by atoms with E-state index in [1.165, 1.54) is 6.07 Å². The summed E-state index contributed by atoms with van der Waals surface area (Å²) >= 11 is 8.98. The molecule has 0 N–H and O–H groups in total. The third-order valence-corrected chi connectivity index (χ3v) is 2.89. The van der Waals surface area contributed by atoms with Crippen molar-refractivity contribution in [2.24, 2.45) is 0 Å². The van der Waals surface area contributed by atoms with Crippen molar-refractivity contribution >= 4 is 38.3 Å². The van der Waals surface area contributed by atoms with E-state index in [1.807, 2.05) is 0 Å². The van der Waals surface area contributed by atoms with Crippen LogP contribution in [0.15, 0.2) is 28.9 Å². The highest BCUT2D eigenvalue weighted by atomic mass is 79.9. The van der Waals surface area contributed by atoms with Gasteiger partial charge < -0.3 is 0 Å². The van der Waals surface area contributed by atoms with Crippen molar-refractivity contribution in [3.8, 4) is 0 Å². The van der Waals surface area contributed by atoms with E-state index >= 15 is 0 Å². The largest absolute Gasteiger partial charge is 0.244 e. The van der Waals surface area contributed by atoms with Crippen molar-refractivity contribution in [2.45, 2.75) is 0 Å². The minimum atomic E-state index is -0.297. The summed E-state index contributed by atoms with van der Waals surface area (Å²) in [5.74, 6) is -0.297. The number of benzene rings is 1. The molecule has 1 aromatic heterocycles. The third-order valence-electron chi connectivity index (χ3n) is 1.78. The average molecular weight is 260 g/mol. The fourth-order valence-corrected chi connectivity index (χ4v) is 1.85. The van der Waals surface area contributed by atoms with Crippen molar-refractivity contribution in [1.82, 2.24) is 4.98 Å². The molecule has 0 amide bonds. The Morgan fingerprint density at radius 1 is 1.23 bits per heavy atom. The lowest BCUT2D eigenvalue weighted by molar-refractivity contribution is 0.623. The van der Waals surface area contributed by atoms with Crippen molar-refractivity contribution in [2.75, 3.05) is 0 Å². The van der Waals surface area contributed by atoms with Gasteiger partial charge in [0.1, 0.15) is 11.0 Å². The van der Waals surface area contributed by atoms with Crippen molar-refractivity contribution < 1.29 is 4.39 Å². The average Bonchev–Trinajstić information content (AvgIpc) is 2.12. The Hall–Kier alpha value is -0.670. The van der Waals surface area contributed by atoms with E-state index in [0.29, 0.717) is 9.63 Å². The van der Waals surface area contributed by atoms with Gasteiger partial charge in [0.25, 0.3) is 0 Å². The van der Waals surface area contributed by atoms with Gasteiger partial charge in [-0.25, -0.2) is 9.37 Å². The van der Waals surface area contributed by atoms with Crippen LogP contribution in [0.2, 0.25) is 5.15 Å². The zero-order valence-electron chi connectivity index (χ0n) is 6.39. The summed E-state index contributed by atoms with van der Waals surface area (Å²) in [5, 5.41) is 1.87. The second kappa shape index (κ2) is 3.24. The monoisotopic (exact) mass is 259 g/mol. The molecule has 0 fully saturated rings. The molecule has 2 aromatic rings. The van der Waals surface area contributed by atoms with Crippen molar-refractivity contribution in [3.05, 3.63) is 39.8 Å². The first-order valence-corrected chi connectivity index (χ1v) is 4.75. The number of rotatable bonds is 0. The molecule has 1 heterocycles. The summed E-state index contributed by atoms with van der Waals surface area (Å²) in [5.41, 5.74) is 0. The van der Waals surface area contributed by atoms with Crippen LogP contribution in [0.3, 0.4) is 0 Å². The second-order valence-electron chi connectivity index (χ2n) is 2.56. The van der Waals surface area contributed by atoms with Crippen LogP contribution in [0.4, 0.5) is 4.39 Å². The smallest absolute Gasteiger partial charge is 0.138 e. The van der Waals surface area contributed by atoms with E-state index in [4.69, 9.17) is 11.6 Å². The number of aromatic nitrogens is 1. The Bertz CT molecular complexity index is 472. The first-order valence-electron chi connectivity index (χ1n) is 3.58. The van der Waals surface area contributed by atoms with Gasteiger partial charge in [0.05, 0.1) is 4.47 Å². The summed E-state index contributed by atoms with van der Waals surface area (Å²) in [6, 6.07) is 4.69. The molecule has 0 unspecified atom stereocenters. The molecule has 0 radical (unpaired) electrons. The number of pyridine rings is 1. The van der Waals surface area contributed by atoms with Crippen LogP contribution in [-0.2, 0) is 0 Å². The molecule has 1 aromatic carbocycles. The quantitative estimate of drug-likeness (QED) is 0.657. The van der Waals surface area contributed by atoms with Crippen LogP contribution in [0.5, 0.6) is 0 Å². The van der Waals surface area contributed by atoms with E-state index in [1.54, 1.807) is 18.3 Å². The fraction of sp³-hybridized carbons (Fsp3) is 0. The Kier molecular flexibility index (Phi) is 2.22. The van der Waals surface area contributed by atoms with Crippen molar-refractivity contribution in [3.63, 3.8) is 0 Å². The molecule has 0 saturated carbocycles. The minimum absolute atomic E-state index is 0.297. The first kappa shape index (κ1) is 8.91. The highest BCUT2D eigenvalue weighted by Crippen LogP contribution is 2.29. The molecular weight excluding hydrogens is 256 g/mol. The SMILES string of the molecule is Fc1ccc2c(Cl)nccc2c1Br. The Labute approximate surface area is 87.7 Å². The summed E-state index contributed by atoms with van der Waals surface area (Å²) in [4.78, 5) is 3.90. The molecule has 0 spiro atoms. The predicted octanol–water partition coefficient (Wildman–Crippen LogP) is 3.79. The molecular formula is C9H4BrClFN. The minimum Gasteiger partial charge on any atom is -0.244 e. The van der Waals surface area contributed by atoms with Crippen LogP contribution < -0.4 is 0 Å². The second-order valence-corrected chi connectivity index (χ2v) is 3.71. The molecule has 66 valence electrons. The third kappa shape index (κ3) is 1.42. The molecule has 0 aliphatic rings. The molecule has 0 aliphatic heterocycles. The molecule has 0 saturated heterocycles. The number of nitrogens with zero attached hydrogens (tertiary/aromatic N) is 1. The van der Waals surface area contributed by atoms with Gasteiger partial charge in [-0.2, -0.15) is 0 Å². The van der Waals surface area contributed by atoms with Gasteiger partial charge in [0.15, 0.2) is 0 Å². The fourth-order valence-electron chi connectivity index (χ4n) is 1.16. The van der Waals surface area contributed by atoms with Gasteiger partial charge in [-0.1, -0.05) is 11.6 Å². The predicted molar refractivity (Wildman–Crippen MR) is 54.4 cm³/mol. The van der Waals surface area contributed by atoms with Crippen molar-refractivity contribution in [1.29, 1.82) is 0 Å². The molecule has 0 atom stereocenters. The summed E-state index contributed by atoms with van der Waals surface area (Å²) < 4.78 is 13.5. The van der Waals surface area contributed by atoms with Crippen LogP contribution in [0, 0.1) is 5.82 Å². The Morgan fingerprint density at radius 3 is 2.77 bits per heavy atom. The number of halogens is 3. The van der Waals surface area contributed by atoms with Gasteiger partial charge in [-0.15, -0.1) is 0 Å². The maximum Gasteiger partial charge on any atom is 0.138 e. The standard InChI is InChI=1S/C9H4BrClFN/c10-8-5-3-4-13-9(11)6(5)1-2-7(8)12/h1-4H. The normalized spacial score (nSPS) is 10.7. The van der Waals surface area contributed by atoms with Gasteiger partial charge in [-0.05, 0) is 34.1 Å². The lowest BCUT2D eigenvalue weighted by atomic mass is 10.2.